The van der Waals surface area contributed by atoms with Crippen molar-refractivity contribution in [1.29, 1.82) is 0 Å². The van der Waals surface area contributed by atoms with Crippen molar-refractivity contribution in [2.75, 3.05) is 5.75 Å². The monoisotopic (exact) mass is 268 g/mol. The number of carbonyl (C=O) groups is 1. The van der Waals surface area contributed by atoms with Crippen molar-refractivity contribution in [2.45, 2.75) is 19.6 Å². The Morgan fingerprint density at radius 3 is 2.83 bits per heavy atom. The molecule has 0 unspecified atom stereocenters. The molecule has 4 heteroatoms. The zero-order valence-electron chi connectivity index (χ0n) is 10.5. The van der Waals surface area contributed by atoms with Gasteiger partial charge in [-0.2, -0.15) is 11.8 Å². The Kier molecular flexibility index (Phi) is 5.92. The lowest BCUT2D eigenvalue weighted by atomic mass is 10.1. The Bertz CT molecular complexity index is 441. The smallest absolute Gasteiger partial charge is 0.328 e. The minimum atomic E-state index is -1.08. The molecule has 0 amide bonds. The largest absolute Gasteiger partial charge is 0.478 e. The third-order valence-corrected chi connectivity index (χ3v) is 3.63. The van der Waals surface area contributed by atoms with E-state index in [-0.39, 0.29) is 0 Å². The maximum atomic E-state index is 13.4. The standard InChI is InChI=1S/C14H17FO2S/c1-10(2)8-18-9-11-3-5-13(15)12(7-11)4-6-14(16)17/h3-7,10H,8-9H2,1-2H3,(H,16,17)/b6-4+. The zero-order valence-corrected chi connectivity index (χ0v) is 11.3. The van der Waals surface area contributed by atoms with Crippen LogP contribution in [0, 0.1) is 11.7 Å². The topological polar surface area (TPSA) is 37.3 Å². The molecule has 0 radical (unpaired) electrons. The average molecular weight is 268 g/mol. The fraction of sp³-hybridized carbons (Fsp3) is 0.357. The van der Waals surface area contributed by atoms with Crippen LogP contribution in [0.3, 0.4) is 0 Å². The molecule has 0 heterocycles. The molecule has 0 saturated carbocycles. The van der Waals surface area contributed by atoms with Crippen LogP contribution in [0.4, 0.5) is 4.39 Å². The highest BCUT2D eigenvalue weighted by molar-refractivity contribution is 7.98. The van der Waals surface area contributed by atoms with Gasteiger partial charge in [0.2, 0.25) is 0 Å². The summed E-state index contributed by atoms with van der Waals surface area (Å²) in [6.45, 7) is 4.30. The van der Waals surface area contributed by atoms with Crippen LogP contribution in [-0.4, -0.2) is 16.8 Å². The first-order chi connectivity index (χ1) is 8.49. The second-order valence-corrected chi connectivity index (χ2v) is 5.47. The van der Waals surface area contributed by atoms with Crippen LogP contribution in [0.5, 0.6) is 0 Å². The van der Waals surface area contributed by atoms with Gasteiger partial charge in [-0.1, -0.05) is 19.9 Å². The van der Waals surface area contributed by atoms with Crippen LogP contribution < -0.4 is 0 Å². The van der Waals surface area contributed by atoms with Crippen LogP contribution in [-0.2, 0) is 10.5 Å². The lowest BCUT2D eigenvalue weighted by Gasteiger charge is -2.06. The van der Waals surface area contributed by atoms with E-state index < -0.39 is 11.8 Å². The van der Waals surface area contributed by atoms with E-state index >= 15 is 0 Å². The highest BCUT2D eigenvalue weighted by Crippen LogP contribution is 2.19. The molecule has 0 aliphatic heterocycles. The molecule has 2 nitrogen and oxygen atoms in total. The van der Waals surface area contributed by atoms with Crippen molar-refractivity contribution in [1.82, 2.24) is 0 Å². The van der Waals surface area contributed by atoms with Crippen molar-refractivity contribution in [3.8, 4) is 0 Å². The molecular formula is C14H17FO2S. The average Bonchev–Trinajstić information content (AvgIpc) is 2.29. The second-order valence-electron chi connectivity index (χ2n) is 4.44. The number of carboxylic acids is 1. The molecule has 0 fully saturated rings. The van der Waals surface area contributed by atoms with E-state index in [2.05, 4.69) is 13.8 Å². The molecule has 1 N–H and O–H groups in total. The Balaban J connectivity index is 2.71. The lowest BCUT2D eigenvalue weighted by Crippen LogP contribution is -1.93. The summed E-state index contributed by atoms with van der Waals surface area (Å²) in [7, 11) is 0. The Labute approximate surface area is 111 Å². The molecule has 0 aliphatic rings. The van der Waals surface area contributed by atoms with Crippen molar-refractivity contribution in [2.24, 2.45) is 5.92 Å². The lowest BCUT2D eigenvalue weighted by molar-refractivity contribution is -0.131. The van der Waals surface area contributed by atoms with E-state index in [0.29, 0.717) is 11.5 Å². The van der Waals surface area contributed by atoms with Crippen molar-refractivity contribution in [3.63, 3.8) is 0 Å². The minimum Gasteiger partial charge on any atom is -0.478 e. The highest BCUT2D eigenvalue weighted by Gasteiger charge is 2.02. The first-order valence-corrected chi connectivity index (χ1v) is 6.91. The summed E-state index contributed by atoms with van der Waals surface area (Å²) in [5.41, 5.74) is 1.33. The molecular weight excluding hydrogens is 251 g/mol. The van der Waals surface area contributed by atoms with Crippen molar-refractivity contribution < 1.29 is 14.3 Å². The second kappa shape index (κ2) is 7.21. The van der Waals surface area contributed by atoms with E-state index in [4.69, 9.17) is 5.11 Å². The number of halogens is 1. The molecule has 18 heavy (non-hydrogen) atoms. The Morgan fingerprint density at radius 2 is 2.22 bits per heavy atom. The SMILES string of the molecule is CC(C)CSCc1ccc(F)c(/C=C/C(=O)O)c1. The molecule has 0 aromatic heterocycles. The van der Waals surface area contributed by atoms with Crippen LogP contribution >= 0.6 is 11.8 Å². The number of thioether (sulfide) groups is 1. The summed E-state index contributed by atoms with van der Waals surface area (Å²) >= 11 is 1.79. The van der Waals surface area contributed by atoms with E-state index in [0.717, 1.165) is 23.1 Å². The maximum absolute atomic E-state index is 13.4. The number of hydrogen-bond acceptors (Lipinski definition) is 2. The van der Waals surface area contributed by atoms with Gasteiger partial charge in [0.25, 0.3) is 0 Å². The molecule has 1 aromatic rings. The number of rotatable bonds is 6. The molecule has 0 aliphatic carbocycles. The summed E-state index contributed by atoms with van der Waals surface area (Å²) in [6.07, 6.45) is 2.23. The molecule has 0 bridgehead atoms. The summed E-state index contributed by atoms with van der Waals surface area (Å²) in [6, 6.07) is 4.82. The highest BCUT2D eigenvalue weighted by atomic mass is 32.2. The quantitative estimate of drug-likeness (QED) is 0.797. The first kappa shape index (κ1) is 14.8. The van der Waals surface area contributed by atoms with Crippen LogP contribution in [0.15, 0.2) is 24.3 Å². The van der Waals surface area contributed by atoms with Gasteiger partial charge in [-0.15, -0.1) is 0 Å². The zero-order chi connectivity index (χ0) is 13.5. The summed E-state index contributed by atoms with van der Waals surface area (Å²) < 4.78 is 13.4. The van der Waals surface area contributed by atoms with Gasteiger partial charge in [-0.25, -0.2) is 9.18 Å². The number of benzene rings is 1. The fourth-order valence-electron chi connectivity index (χ4n) is 1.38. The Morgan fingerprint density at radius 1 is 1.50 bits per heavy atom. The number of carboxylic acid groups (broad SMARTS) is 1. The van der Waals surface area contributed by atoms with Gasteiger partial charge in [-0.05, 0) is 35.4 Å². The molecule has 98 valence electrons. The van der Waals surface area contributed by atoms with Crippen molar-refractivity contribution >= 4 is 23.8 Å². The van der Waals surface area contributed by atoms with Crippen LogP contribution in [0.1, 0.15) is 25.0 Å². The van der Waals surface area contributed by atoms with Gasteiger partial charge in [0.05, 0.1) is 0 Å². The minimum absolute atomic E-state index is 0.319. The summed E-state index contributed by atoms with van der Waals surface area (Å²) in [5, 5.41) is 8.52. The third kappa shape index (κ3) is 5.36. The van der Waals surface area contributed by atoms with Crippen LogP contribution in [0.2, 0.25) is 0 Å². The van der Waals surface area contributed by atoms with E-state index in [1.54, 1.807) is 23.9 Å². The van der Waals surface area contributed by atoms with Gasteiger partial charge >= 0.3 is 5.97 Å². The molecule has 1 rings (SSSR count). The fourth-order valence-corrected chi connectivity index (χ4v) is 2.39. The van der Waals surface area contributed by atoms with Gasteiger partial charge in [0.1, 0.15) is 5.82 Å². The maximum Gasteiger partial charge on any atom is 0.328 e. The summed E-state index contributed by atoms with van der Waals surface area (Å²) in [4.78, 5) is 10.4. The molecule has 1 aromatic carbocycles. The van der Waals surface area contributed by atoms with E-state index in [1.807, 2.05) is 0 Å². The number of hydrogen-bond donors (Lipinski definition) is 1. The molecule has 0 saturated heterocycles. The molecule has 0 spiro atoms. The normalized spacial score (nSPS) is 11.3. The Hall–Kier alpha value is -1.29. The van der Waals surface area contributed by atoms with Gasteiger partial charge in [-0.3, -0.25) is 0 Å². The van der Waals surface area contributed by atoms with E-state index in [1.165, 1.54) is 12.1 Å². The van der Waals surface area contributed by atoms with Gasteiger partial charge < -0.3 is 5.11 Å². The first-order valence-electron chi connectivity index (χ1n) is 5.76. The van der Waals surface area contributed by atoms with Crippen molar-refractivity contribution in [3.05, 3.63) is 41.2 Å². The third-order valence-electron chi connectivity index (χ3n) is 2.19. The van der Waals surface area contributed by atoms with Gasteiger partial charge in [0, 0.05) is 17.4 Å². The van der Waals surface area contributed by atoms with E-state index in [9.17, 15) is 9.18 Å². The predicted octanol–water partition coefficient (Wildman–Crippen LogP) is 3.81. The van der Waals surface area contributed by atoms with Crippen LogP contribution in [0.25, 0.3) is 6.08 Å². The predicted molar refractivity (Wildman–Crippen MR) is 74.1 cm³/mol. The van der Waals surface area contributed by atoms with Gasteiger partial charge in [0.15, 0.2) is 0 Å². The molecule has 0 atom stereocenters. The number of aliphatic carboxylic acids is 1. The summed E-state index contributed by atoms with van der Waals surface area (Å²) in [5.74, 6) is 1.02.